The summed E-state index contributed by atoms with van der Waals surface area (Å²) in [5.41, 5.74) is 2.33. The second-order valence-corrected chi connectivity index (χ2v) is 6.14. The Morgan fingerprint density at radius 3 is 2.30 bits per heavy atom. The molecule has 0 aromatic carbocycles. The van der Waals surface area contributed by atoms with Gasteiger partial charge in [0.15, 0.2) is 5.82 Å². The first-order valence-electron chi connectivity index (χ1n) is 6.88. The van der Waals surface area contributed by atoms with E-state index in [1.165, 1.54) is 5.56 Å². The smallest absolute Gasteiger partial charge is 0.155 e. The van der Waals surface area contributed by atoms with Gasteiger partial charge in [0, 0.05) is 17.8 Å². The van der Waals surface area contributed by atoms with Crippen LogP contribution in [-0.4, -0.2) is 25.3 Å². The van der Waals surface area contributed by atoms with E-state index in [1.54, 1.807) is 4.68 Å². The van der Waals surface area contributed by atoms with Gasteiger partial charge in [-0.25, -0.2) is 9.97 Å². The zero-order valence-electron chi connectivity index (χ0n) is 13.2. The molecule has 5 nitrogen and oxygen atoms in total. The van der Waals surface area contributed by atoms with Crippen LogP contribution in [0.3, 0.4) is 0 Å². The van der Waals surface area contributed by atoms with Crippen LogP contribution in [0.5, 0.6) is 0 Å². The highest BCUT2D eigenvalue weighted by Crippen LogP contribution is 2.13. The van der Waals surface area contributed by atoms with E-state index in [9.17, 15) is 0 Å². The van der Waals surface area contributed by atoms with Gasteiger partial charge in [0.1, 0.15) is 11.6 Å². The predicted octanol–water partition coefficient (Wildman–Crippen LogP) is 2.48. The first-order chi connectivity index (χ1) is 9.26. The topological polar surface area (TPSA) is 55.6 Å². The van der Waals surface area contributed by atoms with Gasteiger partial charge in [-0.05, 0) is 53.2 Å². The average molecular weight is 273 g/mol. The average Bonchev–Trinajstić information content (AvgIpc) is 2.65. The molecule has 2 rings (SSSR count). The Morgan fingerprint density at radius 2 is 1.80 bits per heavy atom. The minimum absolute atomic E-state index is 0.102. The second kappa shape index (κ2) is 5.32. The van der Waals surface area contributed by atoms with Gasteiger partial charge in [0.05, 0.1) is 0 Å². The number of pyridine rings is 1. The highest BCUT2D eigenvalue weighted by atomic mass is 15.4. The lowest BCUT2D eigenvalue weighted by atomic mass is 10.1. The molecule has 0 saturated heterocycles. The Kier molecular flexibility index (Phi) is 3.90. The molecular weight excluding hydrogens is 250 g/mol. The van der Waals surface area contributed by atoms with E-state index in [0.29, 0.717) is 0 Å². The summed E-state index contributed by atoms with van der Waals surface area (Å²) in [6.45, 7) is 13.1. The van der Waals surface area contributed by atoms with Gasteiger partial charge >= 0.3 is 0 Å². The van der Waals surface area contributed by atoms with Crippen molar-refractivity contribution in [1.29, 1.82) is 0 Å². The maximum atomic E-state index is 4.64. The molecule has 2 aromatic heterocycles. The Balaban J connectivity index is 2.24. The molecule has 0 aliphatic rings. The summed E-state index contributed by atoms with van der Waals surface area (Å²) in [4.78, 5) is 8.95. The van der Waals surface area contributed by atoms with E-state index < -0.39 is 0 Å². The van der Waals surface area contributed by atoms with Crippen LogP contribution < -0.4 is 5.32 Å². The monoisotopic (exact) mass is 273 g/mol. The predicted molar refractivity (Wildman–Crippen MR) is 80.0 cm³/mol. The molecule has 108 valence electrons. The van der Waals surface area contributed by atoms with Crippen LogP contribution in [-0.2, 0) is 6.54 Å². The van der Waals surface area contributed by atoms with Crippen LogP contribution in [0.25, 0.3) is 5.82 Å². The van der Waals surface area contributed by atoms with Crippen molar-refractivity contribution in [3.63, 3.8) is 0 Å². The van der Waals surface area contributed by atoms with Gasteiger partial charge < -0.3 is 5.32 Å². The third-order valence-corrected chi connectivity index (χ3v) is 3.08. The van der Waals surface area contributed by atoms with Gasteiger partial charge in [-0.2, -0.15) is 4.68 Å². The summed E-state index contributed by atoms with van der Waals surface area (Å²) in [7, 11) is 0. The van der Waals surface area contributed by atoms with Crippen molar-refractivity contribution in [3.8, 4) is 5.82 Å². The zero-order chi connectivity index (χ0) is 14.9. The van der Waals surface area contributed by atoms with Crippen LogP contribution in [0.15, 0.2) is 12.1 Å². The van der Waals surface area contributed by atoms with E-state index in [4.69, 9.17) is 0 Å². The van der Waals surface area contributed by atoms with E-state index in [1.807, 2.05) is 26.8 Å². The lowest BCUT2D eigenvalue weighted by Crippen LogP contribution is -2.35. The normalized spacial score (nSPS) is 11.9. The molecule has 1 N–H and O–H groups in total. The van der Waals surface area contributed by atoms with Crippen molar-refractivity contribution in [3.05, 3.63) is 35.0 Å². The number of hydrogen-bond donors (Lipinski definition) is 1. The van der Waals surface area contributed by atoms with Crippen molar-refractivity contribution in [2.45, 2.75) is 53.6 Å². The largest absolute Gasteiger partial charge is 0.308 e. The Bertz CT molecular complexity index is 607. The standard InChI is InChI=1S/C15H23N5/c1-10-13(9-16-15(4,5)6)7-8-14(17-10)20-12(3)18-11(2)19-20/h7-8,16H,9H2,1-6H3. The Morgan fingerprint density at radius 1 is 1.10 bits per heavy atom. The number of aryl methyl sites for hydroxylation is 3. The second-order valence-electron chi connectivity index (χ2n) is 6.14. The molecule has 5 heteroatoms. The van der Waals surface area contributed by atoms with Crippen molar-refractivity contribution in [1.82, 2.24) is 25.1 Å². The van der Waals surface area contributed by atoms with Crippen molar-refractivity contribution < 1.29 is 0 Å². The first kappa shape index (κ1) is 14.7. The highest BCUT2D eigenvalue weighted by molar-refractivity contribution is 5.30. The summed E-state index contributed by atoms with van der Waals surface area (Å²) in [6.07, 6.45) is 0. The first-order valence-corrected chi connectivity index (χ1v) is 6.88. The molecule has 2 aromatic rings. The van der Waals surface area contributed by atoms with Crippen LogP contribution in [0.1, 0.15) is 43.7 Å². The summed E-state index contributed by atoms with van der Waals surface area (Å²) < 4.78 is 1.78. The fourth-order valence-electron chi connectivity index (χ4n) is 1.98. The Labute approximate surface area is 120 Å². The summed E-state index contributed by atoms with van der Waals surface area (Å²) in [5, 5.41) is 7.84. The third kappa shape index (κ3) is 3.42. The van der Waals surface area contributed by atoms with Gasteiger partial charge in [0.2, 0.25) is 0 Å². The molecule has 0 aliphatic carbocycles. The summed E-state index contributed by atoms with van der Waals surface area (Å²) >= 11 is 0. The SMILES string of the molecule is Cc1nc(C)n(-c2ccc(CNC(C)(C)C)c(C)n2)n1. The fourth-order valence-corrected chi connectivity index (χ4v) is 1.98. The number of aromatic nitrogens is 4. The van der Waals surface area contributed by atoms with Crippen LogP contribution in [0.2, 0.25) is 0 Å². The molecule has 0 fully saturated rings. The van der Waals surface area contributed by atoms with Crippen LogP contribution in [0.4, 0.5) is 0 Å². The minimum atomic E-state index is 0.102. The molecule has 0 radical (unpaired) electrons. The number of hydrogen-bond acceptors (Lipinski definition) is 4. The summed E-state index contributed by atoms with van der Waals surface area (Å²) in [5.74, 6) is 2.44. The van der Waals surface area contributed by atoms with E-state index in [2.05, 4.69) is 47.2 Å². The van der Waals surface area contributed by atoms with Crippen molar-refractivity contribution in [2.75, 3.05) is 0 Å². The van der Waals surface area contributed by atoms with Crippen molar-refractivity contribution >= 4 is 0 Å². The minimum Gasteiger partial charge on any atom is -0.308 e. The third-order valence-electron chi connectivity index (χ3n) is 3.08. The lowest BCUT2D eigenvalue weighted by molar-refractivity contribution is 0.423. The summed E-state index contributed by atoms with van der Waals surface area (Å²) in [6, 6.07) is 4.10. The number of rotatable bonds is 3. The molecule has 0 spiro atoms. The maximum Gasteiger partial charge on any atom is 0.155 e. The van der Waals surface area contributed by atoms with Crippen LogP contribution >= 0.6 is 0 Å². The molecular formula is C15H23N5. The Hall–Kier alpha value is -1.75. The quantitative estimate of drug-likeness (QED) is 0.933. The molecule has 2 heterocycles. The molecule has 0 amide bonds. The van der Waals surface area contributed by atoms with E-state index >= 15 is 0 Å². The molecule has 0 unspecified atom stereocenters. The van der Waals surface area contributed by atoms with E-state index in [-0.39, 0.29) is 5.54 Å². The maximum absolute atomic E-state index is 4.64. The van der Waals surface area contributed by atoms with E-state index in [0.717, 1.165) is 29.7 Å². The van der Waals surface area contributed by atoms with Gasteiger partial charge in [0.25, 0.3) is 0 Å². The number of nitrogens with one attached hydrogen (secondary N) is 1. The molecule has 0 bridgehead atoms. The molecule has 20 heavy (non-hydrogen) atoms. The molecule has 0 saturated carbocycles. The molecule has 0 aliphatic heterocycles. The van der Waals surface area contributed by atoms with Crippen molar-refractivity contribution in [2.24, 2.45) is 0 Å². The van der Waals surface area contributed by atoms with Gasteiger partial charge in [-0.1, -0.05) is 6.07 Å². The van der Waals surface area contributed by atoms with Crippen LogP contribution in [0, 0.1) is 20.8 Å². The zero-order valence-corrected chi connectivity index (χ0v) is 13.2. The van der Waals surface area contributed by atoms with Gasteiger partial charge in [-0.15, -0.1) is 5.10 Å². The number of nitrogens with zero attached hydrogens (tertiary/aromatic N) is 4. The highest BCUT2D eigenvalue weighted by Gasteiger charge is 2.11. The molecule has 0 atom stereocenters. The van der Waals surface area contributed by atoms with Gasteiger partial charge in [-0.3, -0.25) is 0 Å². The lowest BCUT2D eigenvalue weighted by Gasteiger charge is -2.21. The fraction of sp³-hybridized carbons (Fsp3) is 0.533.